The van der Waals surface area contributed by atoms with Gasteiger partial charge in [0.2, 0.25) is 26.0 Å². The lowest BCUT2D eigenvalue weighted by molar-refractivity contribution is -0.120. The molecule has 1 atom stereocenters. The zero-order valence-electron chi connectivity index (χ0n) is 22.9. The molecule has 15 heteroatoms. The van der Waals surface area contributed by atoms with Crippen molar-refractivity contribution in [1.82, 2.24) is 8.61 Å². The van der Waals surface area contributed by atoms with Gasteiger partial charge in [-0.3, -0.25) is 9.52 Å². The first kappa shape index (κ1) is 31.3. The molecule has 1 saturated heterocycles. The fourth-order valence-electron chi connectivity index (χ4n) is 4.61. The molecule has 0 unspecified atom stereocenters. The fourth-order valence-corrected chi connectivity index (χ4v) is 8.71. The van der Waals surface area contributed by atoms with Crippen LogP contribution in [0, 0.1) is 5.82 Å². The second-order valence-corrected chi connectivity index (χ2v) is 15.3. The summed E-state index contributed by atoms with van der Waals surface area (Å²) in [6, 6.07) is 23.5. The zero-order valence-corrected chi connectivity index (χ0v) is 25.4. The number of carbonyl (C=O) groups is 1. The van der Waals surface area contributed by atoms with Crippen LogP contribution in [0.5, 0.6) is 0 Å². The van der Waals surface area contributed by atoms with E-state index in [2.05, 4.69) is 10.0 Å². The Bertz CT molecular complexity index is 1960. The second kappa shape index (κ2) is 12.5. The van der Waals surface area contributed by atoms with E-state index in [1.165, 1.54) is 60.7 Å². The molecule has 4 aromatic carbocycles. The van der Waals surface area contributed by atoms with Gasteiger partial charge in [-0.05, 0) is 72.8 Å². The Hall–Kier alpha value is -4.15. The lowest BCUT2D eigenvalue weighted by Crippen LogP contribution is -2.60. The van der Waals surface area contributed by atoms with Gasteiger partial charge in [0.05, 0.1) is 14.7 Å². The van der Waals surface area contributed by atoms with Crippen molar-refractivity contribution in [2.24, 2.45) is 0 Å². The number of anilines is 2. The average Bonchev–Trinajstić information content (AvgIpc) is 3.03. The quantitative estimate of drug-likeness (QED) is 0.280. The van der Waals surface area contributed by atoms with Crippen molar-refractivity contribution in [2.45, 2.75) is 20.7 Å². The molecule has 0 radical (unpaired) electrons. The summed E-state index contributed by atoms with van der Waals surface area (Å²) in [5.41, 5.74) is 0.298. The lowest BCUT2D eigenvalue weighted by Gasteiger charge is -2.38. The third-order valence-corrected chi connectivity index (χ3v) is 12.1. The van der Waals surface area contributed by atoms with Gasteiger partial charge in [0.1, 0.15) is 11.9 Å². The molecule has 0 saturated carbocycles. The van der Waals surface area contributed by atoms with E-state index < -0.39 is 54.4 Å². The summed E-state index contributed by atoms with van der Waals surface area (Å²) >= 11 is 0. The van der Waals surface area contributed by atoms with E-state index in [0.717, 1.165) is 20.7 Å². The molecule has 1 amide bonds. The molecule has 4 aromatic rings. The largest absolute Gasteiger partial charge is 0.325 e. The molecule has 1 aliphatic heterocycles. The van der Waals surface area contributed by atoms with Gasteiger partial charge in [-0.2, -0.15) is 8.61 Å². The number of halogens is 1. The van der Waals surface area contributed by atoms with Crippen LogP contribution in [-0.4, -0.2) is 65.4 Å². The lowest BCUT2D eigenvalue weighted by atomic mass is 10.2. The highest BCUT2D eigenvalue weighted by Gasteiger charge is 2.43. The monoisotopic (exact) mass is 658 g/mol. The van der Waals surface area contributed by atoms with E-state index in [4.69, 9.17) is 0 Å². The van der Waals surface area contributed by atoms with Gasteiger partial charge in [0, 0.05) is 31.0 Å². The summed E-state index contributed by atoms with van der Waals surface area (Å²) in [5, 5.41) is 2.59. The van der Waals surface area contributed by atoms with E-state index in [-0.39, 0.29) is 39.2 Å². The number of nitrogens with zero attached hydrogens (tertiary/aromatic N) is 2. The van der Waals surface area contributed by atoms with Crippen molar-refractivity contribution in [3.63, 3.8) is 0 Å². The summed E-state index contributed by atoms with van der Waals surface area (Å²) < 4.78 is 97.0. The van der Waals surface area contributed by atoms with Gasteiger partial charge in [-0.15, -0.1) is 0 Å². The Balaban J connectivity index is 1.40. The molecule has 44 heavy (non-hydrogen) atoms. The molecule has 1 heterocycles. The van der Waals surface area contributed by atoms with Gasteiger partial charge in [0.15, 0.2) is 0 Å². The van der Waals surface area contributed by atoms with Crippen LogP contribution < -0.4 is 10.0 Å². The first-order chi connectivity index (χ1) is 20.9. The van der Waals surface area contributed by atoms with E-state index in [1.54, 1.807) is 36.4 Å². The van der Waals surface area contributed by atoms with Gasteiger partial charge in [-0.1, -0.05) is 36.4 Å². The van der Waals surface area contributed by atoms with Crippen LogP contribution in [0.2, 0.25) is 0 Å². The Morgan fingerprint density at radius 3 is 1.73 bits per heavy atom. The minimum absolute atomic E-state index is 0.00423. The van der Waals surface area contributed by atoms with E-state index >= 15 is 0 Å². The number of piperazine rings is 1. The summed E-state index contributed by atoms with van der Waals surface area (Å²) in [6.07, 6.45) is 0. The van der Waals surface area contributed by atoms with Crippen LogP contribution in [0.1, 0.15) is 0 Å². The van der Waals surface area contributed by atoms with Crippen LogP contribution in [-0.2, 0) is 34.9 Å². The van der Waals surface area contributed by atoms with Crippen LogP contribution in [0.4, 0.5) is 15.8 Å². The summed E-state index contributed by atoms with van der Waals surface area (Å²) in [7, 11) is -12.3. The Morgan fingerprint density at radius 1 is 0.636 bits per heavy atom. The van der Waals surface area contributed by atoms with Gasteiger partial charge in [0.25, 0.3) is 10.0 Å². The highest BCUT2D eigenvalue weighted by Crippen LogP contribution is 2.27. The van der Waals surface area contributed by atoms with Gasteiger partial charge in [-0.25, -0.2) is 29.6 Å². The SMILES string of the molecule is O=C(Nc1ccc(S(=O)(=O)Nc2ccc(F)cc2)cc1)[C@@H]1CN(S(=O)(=O)c2ccccc2)CCN1S(=O)(=O)c1ccccc1. The van der Waals surface area contributed by atoms with Crippen LogP contribution in [0.15, 0.2) is 124 Å². The molecule has 5 rings (SSSR count). The normalized spacial score (nSPS) is 16.7. The predicted molar refractivity (Wildman–Crippen MR) is 162 cm³/mol. The van der Waals surface area contributed by atoms with E-state index in [0.29, 0.717) is 0 Å². The van der Waals surface area contributed by atoms with Crippen LogP contribution in [0.25, 0.3) is 0 Å². The third kappa shape index (κ3) is 6.66. The highest BCUT2D eigenvalue weighted by molar-refractivity contribution is 7.92. The molecule has 11 nitrogen and oxygen atoms in total. The maximum absolute atomic E-state index is 13.6. The number of benzene rings is 4. The Labute approximate surface area is 255 Å². The number of sulfonamides is 3. The molecule has 0 aliphatic carbocycles. The van der Waals surface area contributed by atoms with Crippen molar-refractivity contribution < 1.29 is 34.4 Å². The molecule has 1 aliphatic rings. The van der Waals surface area contributed by atoms with Crippen molar-refractivity contribution in [2.75, 3.05) is 29.7 Å². The molecule has 0 aromatic heterocycles. The van der Waals surface area contributed by atoms with E-state index in [9.17, 15) is 34.4 Å². The number of hydrogen-bond donors (Lipinski definition) is 2. The number of hydrogen-bond acceptors (Lipinski definition) is 7. The summed E-state index contributed by atoms with van der Waals surface area (Å²) in [5.74, 6) is -1.33. The van der Waals surface area contributed by atoms with Crippen molar-refractivity contribution >= 4 is 47.4 Å². The molecule has 0 bridgehead atoms. The van der Waals surface area contributed by atoms with Gasteiger partial charge >= 0.3 is 0 Å². The fraction of sp³-hybridized carbons (Fsp3) is 0.138. The van der Waals surface area contributed by atoms with Crippen molar-refractivity contribution in [3.05, 3.63) is 115 Å². The summed E-state index contributed by atoms with van der Waals surface area (Å²) in [6.45, 7) is -0.919. The highest BCUT2D eigenvalue weighted by atomic mass is 32.2. The second-order valence-electron chi connectivity index (χ2n) is 9.75. The van der Waals surface area contributed by atoms with Crippen LogP contribution in [0.3, 0.4) is 0 Å². The molecule has 0 spiro atoms. The number of amides is 1. The summed E-state index contributed by atoms with van der Waals surface area (Å²) in [4.78, 5) is 13.4. The maximum atomic E-state index is 13.6. The molecule has 2 N–H and O–H groups in total. The Morgan fingerprint density at radius 2 is 1.16 bits per heavy atom. The molecular weight excluding hydrogens is 632 g/mol. The Kier molecular flexibility index (Phi) is 8.85. The minimum atomic E-state index is -4.20. The number of carbonyl (C=O) groups excluding carboxylic acids is 1. The first-order valence-corrected chi connectivity index (χ1v) is 17.6. The minimum Gasteiger partial charge on any atom is -0.325 e. The van der Waals surface area contributed by atoms with Crippen molar-refractivity contribution in [1.29, 1.82) is 0 Å². The third-order valence-electron chi connectivity index (χ3n) is 6.86. The number of nitrogens with one attached hydrogen (secondary N) is 2. The first-order valence-electron chi connectivity index (χ1n) is 13.2. The topological polar surface area (TPSA) is 150 Å². The molecule has 1 fully saturated rings. The van der Waals surface area contributed by atoms with Crippen LogP contribution >= 0.6 is 0 Å². The van der Waals surface area contributed by atoms with Gasteiger partial charge < -0.3 is 5.32 Å². The predicted octanol–water partition coefficient (Wildman–Crippen LogP) is 3.33. The van der Waals surface area contributed by atoms with Crippen molar-refractivity contribution in [3.8, 4) is 0 Å². The maximum Gasteiger partial charge on any atom is 0.261 e. The zero-order chi connectivity index (χ0) is 31.5. The smallest absolute Gasteiger partial charge is 0.261 e. The number of rotatable bonds is 9. The molecular formula is C29H27FN4O7S3. The van der Waals surface area contributed by atoms with E-state index in [1.807, 2.05) is 0 Å². The standard InChI is InChI=1S/C29H27FN4O7S3/c30-22-11-13-24(14-12-22)32-42(36,37)25-17-15-23(16-18-25)31-29(35)28-21-33(43(38,39)26-7-3-1-4-8-26)19-20-34(28)44(40,41)27-9-5-2-6-10-27/h1-18,28,32H,19-21H2,(H,31,35)/t28-/m0/s1. The average molecular weight is 659 g/mol. The molecule has 230 valence electrons.